The number of aliphatic hydroxyl groups is 1. The van der Waals surface area contributed by atoms with Crippen molar-refractivity contribution >= 4 is 16.6 Å². The molecule has 0 heterocycles. The summed E-state index contributed by atoms with van der Waals surface area (Å²) in [5.41, 5.74) is 1.45. The Hall–Kier alpha value is -0.830. The number of aliphatic hydroxyl groups excluding tert-OH is 1. The maximum absolute atomic E-state index is 13.0. The van der Waals surface area contributed by atoms with Crippen molar-refractivity contribution < 1.29 is 36.1 Å². The Bertz CT molecular complexity index is 950. The topological polar surface area (TPSA) is 54.4 Å². The van der Waals surface area contributed by atoms with E-state index >= 15 is 0 Å². The van der Waals surface area contributed by atoms with E-state index in [1.165, 1.54) is 24.8 Å². The Morgan fingerprint density at radius 2 is 1.59 bits per heavy atom. The van der Waals surface area contributed by atoms with Crippen LogP contribution in [0.2, 0.25) is 0 Å². The Labute approximate surface area is 244 Å². The molecule has 0 spiro atoms. The highest BCUT2D eigenvalue weighted by Crippen LogP contribution is 2.63. The second-order valence-corrected chi connectivity index (χ2v) is 15.4. The highest BCUT2D eigenvalue weighted by molar-refractivity contribution is 7.84. The summed E-state index contributed by atoms with van der Waals surface area (Å²) >= 11 is 0. The van der Waals surface area contributed by atoms with Crippen LogP contribution in [-0.2, 0) is 15.6 Å². The molecule has 1 N–H and O–H groups in total. The molecule has 0 aromatic heterocycles. The van der Waals surface area contributed by atoms with Crippen LogP contribution in [0.15, 0.2) is 11.6 Å². The van der Waals surface area contributed by atoms with Gasteiger partial charge in [0.05, 0.1) is 6.10 Å². The Balaban J connectivity index is 1.14. The highest BCUT2D eigenvalue weighted by atomic mass is 32.2. The molecule has 236 valence electrons. The first-order chi connectivity index (χ1) is 19.3. The third kappa shape index (κ3) is 7.82. The maximum atomic E-state index is 13.0. The van der Waals surface area contributed by atoms with E-state index in [2.05, 4.69) is 6.92 Å². The van der Waals surface area contributed by atoms with Gasteiger partial charge >= 0.3 is 12.1 Å². The van der Waals surface area contributed by atoms with Gasteiger partial charge in [-0.1, -0.05) is 51.0 Å². The van der Waals surface area contributed by atoms with Crippen molar-refractivity contribution in [3.63, 3.8) is 0 Å². The number of carbonyl (C=O) groups is 1. The first kappa shape index (κ1) is 33.1. The van der Waals surface area contributed by atoms with Gasteiger partial charge in [0.25, 0.3) is 0 Å². The van der Waals surface area contributed by atoms with Gasteiger partial charge in [0, 0.05) is 35.1 Å². The van der Waals surface area contributed by atoms with Crippen LogP contribution in [0.3, 0.4) is 0 Å². The molecule has 4 aliphatic rings. The minimum atomic E-state index is -5.54. The van der Waals surface area contributed by atoms with Crippen molar-refractivity contribution in [2.24, 2.45) is 35.0 Å². The van der Waals surface area contributed by atoms with Gasteiger partial charge < -0.3 is 5.11 Å². The molecular formula is C32H49F5O3S. The molecule has 3 fully saturated rings. The lowest BCUT2D eigenvalue weighted by Crippen LogP contribution is -2.50. The number of carbonyl (C=O) groups excluding carboxylic acids is 1. The standard InChI is InChI=1S/C32H49F5O3S/c1-30-17-15-26-25-12-11-24(38)21-23(25)20-22(29(26)27(30)13-14-28(30)39)10-7-5-3-2-4-6-8-18-41(40)19-9-16-31(33,34)32(35,36)37/h21-22,25-29,39H,2-20H2,1H3/t22-,25?,26?,27?,28+,29?,30+,41?/m1/s1. The van der Waals surface area contributed by atoms with E-state index in [1.54, 1.807) is 0 Å². The average Bonchev–Trinajstić information content (AvgIpc) is 3.20. The molecule has 0 aliphatic heterocycles. The first-order valence-corrected chi connectivity index (χ1v) is 17.5. The zero-order valence-corrected chi connectivity index (χ0v) is 25.4. The lowest BCUT2D eigenvalue weighted by atomic mass is 9.49. The molecule has 3 nitrogen and oxygen atoms in total. The molecule has 3 saturated carbocycles. The summed E-state index contributed by atoms with van der Waals surface area (Å²) in [5.74, 6) is -1.12. The van der Waals surface area contributed by atoms with E-state index in [4.69, 9.17) is 0 Å². The fourth-order valence-corrected chi connectivity index (χ4v) is 10.1. The third-order valence-corrected chi connectivity index (χ3v) is 12.6. The Morgan fingerprint density at radius 1 is 0.927 bits per heavy atom. The minimum Gasteiger partial charge on any atom is -0.393 e. The van der Waals surface area contributed by atoms with Crippen LogP contribution in [0.4, 0.5) is 22.0 Å². The predicted octanol–water partition coefficient (Wildman–Crippen LogP) is 8.56. The molecule has 0 aromatic rings. The van der Waals surface area contributed by atoms with Crippen molar-refractivity contribution in [1.82, 2.24) is 0 Å². The van der Waals surface area contributed by atoms with Crippen LogP contribution in [0, 0.1) is 35.0 Å². The van der Waals surface area contributed by atoms with Gasteiger partial charge in [-0.3, -0.25) is 9.00 Å². The summed E-state index contributed by atoms with van der Waals surface area (Å²) in [6, 6.07) is 0. The van der Waals surface area contributed by atoms with Gasteiger partial charge in [-0.25, -0.2) is 0 Å². The fourth-order valence-electron chi connectivity index (χ4n) is 8.90. The van der Waals surface area contributed by atoms with E-state index in [1.807, 2.05) is 6.08 Å². The molecule has 4 aliphatic carbocycles. The van der Waals surface area contributed by atoms with E-state index in [9.17, 15) is 36.1 Å². The van der Waals surface area contributed by atoms with Crippen molar-refractivity contribution in [1.29, 1.82) is 0 Å². The summed E-state index contributed by atoms with van der Waals surface area (Å²) in [5, 5.41) is 10.8. The van der Waals surface area contributed by atoms with E-state index in [-0.39, 0.29) is 23.1 Å². The highest BCUT2D eigenvalue weighted by Gasteiger charge is 2.58. The number of fused-ring (bicyclic) bond motifs is 5. The van der Waals surface area contributed by atoms with Gasteiger partial charge in [-0.2, -0.15) is 22.0 Å². The average molecular weight is 609 g/mol. The molecule has 9 heteroatoms. The maximum Gasteiger partial charge on any atom is 0.453 e. The van der Waals surface area contributed by atoms with Gasteiger partial charge in [0.15, 0.2) is 5.78 Å². The van der Waals surface area contributed by atoms with Crippen LogP contribution in [0.25, 0.3) is 0 Å². The SMILES string of the molecule is C[C@]12CCC3C4CCC(=O)C=C4C[C@@H](CCCCCCCCCS(=O)CCCC(F)(F)C(F)(F)F)C3C1CC[C@@H]2O. The molecule has 41 heavy (non-hydrogen) atoms. The molecule has 5 unspecified atom stereocenters. The van der Waals surface area contributed by atoms with Crippen LogP contribution in [0.5, 0.6) is 0 Å². The smallest absolute Gasteiger partial charge is 0.393 e. The number of halogens is 5. The number of unbranched alkanes of at least 4 members (excludes halogenated alkanes) is 6. The van der Waals surface area contributed by atoms with Crippen molar-refractivity contribution in [3.05, 3.63) is 11.6 Å². The fraction of sp³-hybridized carbons (Fsp3) is 0.906. The number of hydrogen-bond acceptors (Lipinski definition) is 3. The van der Waals surface area contributed by atoms with Gasteiger partial charge in [-0.15, -0.1) is 0 Å². The van der Waals surface area contributed by atoms with Crippen molar-refractivity contribution in [3.8, 4) is 0 Å². The molecule has 0 radical (unpaired) electrons. The number of hydrogen-bond donors (Lipinski definition) is 1. The molecule has 4 rings (SSSR count). The lowest BCUT2D eigenvalue weighted by molar-refractivity contribution is -0.284. The quantitative estimate of drug-likeness (QED) is 0.159. The molecule has 8 atom stereocenters. The van der Waals surface area contributed by atoms with Crippen molar-refractivity contribution in [2.45, 2.75) is 134 Å². The second-order valence-electron chi connectivity index (χ2n) is 13.7. The monoisotopic (exact) mass is 608 g/mol. The van der Waals surface area contributed by atoms with Crippen LogP contribution < -0.4 is 0 Å². The van der Waals surface area contributed by atoms with Crippen LogP contribution >= 0.6 is 0 Å². The Kier molecular flexibility index (Phi) is 11.2. The van der Waals surface area contributed by atoms with Gasteiger partial charge in [0.1, 0.15) is 0 Å². The van der Waals surface area contributed by atoms with Gasteiger partial charge in [-0.05, 0) is 98.9 Å². The van der Waals surface area contributed by atoms with Crippen LogP contribution in [-0.4, -0.2) is 44.8 Å². The predicted molar refractivity (Wildman–Crippen MR) is 152 cm³/mol. The third-order valence-electron chi connectivity index (χ3n) is 11.1. The zero-order valence-electron chi connectivity index (χ0n) is 24.5. The number of allylic oxidation sites excluding steroid dienone is 1. The molecular weight excluding hydrogens is 559 g/mol. The first-order valence-electron chi connectivity index (χ1n) is 16.0. The minimum absolute atomic E-state index is 0.0446. The van der Waals surface area contributed by atoms with Crippen LogP contribution in [0.1, 0.15) is 116 Å². The molecule has 0 bridgehead atoms. The van der Waals surface area contributed by atoms with E-state index < -0.39 is 35.7 Å². The van der Waals surface area contributed by atoms with Crippen molar-refractivity contribution in [2.75, 3.05) is 11.5 Å². The summed E-state index contributed by atoms with van der Waals surface area (Å²) in [7, 11) is -1.35. The number of rotatable bonds is 14. The molecule has 0 saturated heterocycles. The second kappa shape index (κ2) is 13.9. The normalized spacial score (nSPS) is 34.5. The van der Waals surface area contributed by atoms with Gasteiger partial charge in [0.2, 0.25) is 0 Å². The molecule has 0 aromatic carbocycles. The number of ketones is 1. The zero-order chi connectivity index (χ0) is 29.8. The summed E-state index contributed by atoms with van der Waals surface area (Å²) in [6.45, 7) is 2.32. The summed E-state index contributed by atoms with van der Waals surface area (Å²) in [4.78, 5) is 12.2. The lowest BCUT2D eigenvalue weighted by Gasteiger charge is -2.56. The Morgan fingerprint density at radius 3 is 2.29 bits per heavy atom. The van der Waals surface area contributed by atoms with E-state index in [0.717, 1.165) is 64.2 Å². The number of alkyl halides is 5. The summed E-state index contributed by atoms with van der Waals surface area (Å²) in [6.07, 6.45) is 9.91. The van der Waals surface area contributed by atoms with E-state index in [0.29, 0.717) is 48.2 Å². The molecule has 0 amide bonds. The summed E-state index contributed by atoms with van der Waals surface area (Å²) < 4.78 is 74.5. The largest absolute Gasteiger partial charge is 0.453 e.